The van der Waals surface area contributed by atoms with Gasteiger partial charge in [-0.1, -0.05) is 25.3 Å². The molecule has 1 aromatic rings. The van der Waals surface area contributed by atoms with Crippen molar-refractivity contribution < 1.29 is 9.52 Å². The van der Waals surface area contributed by atoms with Crippen molar-refractivity contribution in [3.05, 3.63) is 36.8 Å². The Labute approximate surface area is 103 Å². The van der Waals surface area contributed by atoms with Gasteiger partial charge >= 0.3 is 0 Å². The summed E-state index contributed by atoms with van der Waals surface area (Å²) in [6.07, 6.45) is 11.0. The lowest BCUT2D eigenvalue weighted by Crippen LogP contribution is -2.37. The zero-order valence-corrected chi connectivity index (χ0v) is 10.4. The zero-order valence-electron chi connectivity index (χ0n) is 10.4. The van der Waals surface area contributed by atoms with Crippen molar-refractivity contribution in [1.29, 1.82) is 0 Å². The highest BCUT2D eigenvalue weighted by atomic mass is 16.3. The molecule has 0 aliphatic heterocycles. The Morgan fingerprint density at radius 2 is 2.18 bits per heavy atom. The summed E-state index contributed by atoms with van der Waals surface area (Å²) >= 11 is 0. The monoisotopic (exact) mass is 234 g/mol. The van der Waals surface area contributed by atoms with E-state index in [1.54, 1.807) is 12.3 Å². The lowest BCUT2D eigenvalue weighted by atomic mass is 9.74. The molecular formula is C15H22O2. The minimum atomic E-state index is -0.715. The predicted molar refractivity (Wildman–Crippen MR) is 68.8 cm³/mol. The van der Waals surface area contributed by atoms with Crippen LogP contribution in [0.4, 0.5) is 0 Å². The topological polar surface area (TPSA) is 33.4 Å². The number of aryl methyl sites for hydroxylation is 1. The van der Waals surface area contributed by atoms with Crippen LogP contribution in [-0.2, 0) is 6.42 Å². The van der Waals surface area contributed by atoms with E-state index in [4.69, 9.17) is 4.42 Å². The second-order valence-corrected chi connectivity index (χ2v) is 5.11. The van der Waals surface area contributed by atoms with Crippen LogP contribution in [0, 0.1) is 5.92 Å². The summed E-state index contributed by atoms with van der Waals surface area (Å²) in [6.45, 7) is 3.83. The van der Waals surface area contributed by atoms with Crippen molar-refractivity contribution in [1.82, 2.24) is 0 Å². The number of rotatable bonds is 5. The number of hydrogen-bond donors (Lipinski definition) is 1. The molecule has 2 rings (SSSR count). The molecular weight excluding hydrogens is 212 g/mol. The SMILES string of the molecule is C=CC(O)(CCc1ccco1)C1CCCCC1. The van der Waals surface area contributed by atoms with Crippen LogP contribution in [0.3, 0.4) is 0 Å². The van der Waals surface area contributed by atoms with Gasteiger partial charge in [-0.25, -0.2) is 0 Å². The molecule has 0 aromatic carbocycles. The Morgan fingerprint density at radius 1 is 1.41 bits per heavy atom. The van der Waals surface area contributed by atoms with Gasteiger partial charge in [-0.2, -0.15) is 0 Å². The Morgan fingerprint density at radius 3 is 2.76 bits per heavy atom. The van der Waals surface area contributed by atoms with E-state index in [2.05, 4.69) is 6.58 Å². The fourth-order valence-electron chi connectivity index (χ4n) is 2.85. The van der Waals surface area contributed by atoms with Gasteiger partial charge in [0.1, 0.15) is 5.76 Å². The van der Waals surface area contributed by atoms with Gasteiger partial charge < -0.3 is 9.52 Å². The van der Waals surface area contributed by atoms with Gasteiger partial charge in [-0.3, -0.25) is 0 Å². The van der Waals surface area contributed by atoms with Crippen molar-refractivity contribution in [3.8, 4) is 0 Å². The fraction of sp³-hybridized carbons (Fsp3) is 0.600. The van der Waals surface area contributed by atoms with Crippen LogP contribution in [0.2, 0.25) is 0 Å². The van der Waals surface area contributed by atoms with Crippen LogP contribution in [0.15, 0.2) is 35.5 Å². The van der Waals surface area contributed by atoms with Crippen LogP contribution >= 0.6 is 0 Å². The Hall–Kier alpha value is -1.02. The first kappa shape index (κ1) is 12.4. The Balaban J connectivity index is 1.95. The van der Waals surface area contributed by atoms with E-state index >= 15 is 0 Å². The second kappa shape index (κ2) is 5.54. The molecule has 2 nitrogen and oxygen atoms in total. The molecule has 0 saturated heterocycles. The third-order valence-electron chi connectivity index (χ3n) is 4.02. The summed E-state index contributed by atoms with van der Waals surface area (Å²) in [6, 6.07) is 3.85. The zero-order chi connectivity index (χ0) is 12.1. The molecule has 1 heterocycles. The fourth-order valence-corrected chi connectivity index (χ4v) is 2.85. The highest BCUT2D eigenvalue weighted by molar-refractivity contribution is 5.05. The summed E-state index contributed by atoms with van der Waals surface area (Å²) in [5.41, 5.74) is -0.715. The lowest BCUT2D eigenvalue weighted by molar-refractivity contribution is 0.00300. The first-order valence-electron chi connectivity index (χ1n) is 6.63. The molecule has 1 N–H and O–H groups in total. The largest absolute Gasteiger partial charge is 0.469 e. The normalized spacial score (nSPS) is 21.0. The highest BCUT2D eigenvalue weighted by Gasteiger charge is 2.34. The minimum absolute atomic E-state index is 0.378. The average Bonchev–Trinajstić information content (AvgIpc) is 2.90. The summed E-state index contributed by atoms with van der Waals surface area (Å²) in [4.78, 5) is 0. The molecule has 1 fully saturated rings. The summed E-state index contributed by atoms with van der Waals surface area (Å²) in [7, 11) is 0. The molecule has 1 unspecified atom stereocenters. The maximum Gasteiger partial charge on any atom is 0.103 e. The molecule has 1 aliphatic carbocycles. The van der Waals surface area contributed by atoms with E-state index in [9.17, 15) is 5.11 Å². The molecule has 1 atom stereocenters. The van der Waals surface area contributed by atoms with Crippen molar-refractivity contribution in [2.24, 2.45) is 5.92 Å². The smallest absolute Gasteiger partial charge is 0.103 e. The van der Waals surface area contributed by atoms with Gasteiger partial charge in [0.15, 0.2) is 0 Å². The Kier molecular flexibility index (Phi) is 4.06. The van der Waals surface area contributed by atoms with Crippen LogP contribution < -0.4 is 0 Å². The molecule has 17 heavy (non-hydrogen) atoms. The van der Waals surface area contributed by atoms with E-state index in [0.29, 0.717) is 12.3 Å². The first-order valence-corrected chi connectivity index (χ1v) is 6.63. The quantitative estimate of drug-likeness (QED) is 0.788. The number of furan rings is 1. The maximum atomic E-state index is 10.7. The summed E-state index contributed by atoms with van der Waals surface area (Å²) in [5, 5.41) is 10.7. The van der Waals surface area contributed by atoms with E-state index in [-0.39, 0.29) is 0 Å². The second-order valence-electron chi connectivity index (χ2n) is 5.11. The molecule has 1 saturated carbocycles. The van der Waals surface area contributed by atoms with E-state index in [1.165, 1.54) is 19.3 Å². The molecule has 1 aromatic heterocycles. The summed E-state index contributed by atoms with van der Waals surface area (Å²) < 4.78 is 5.32. The molecule has 0 radical (unpaired) electrons. The van der Waals surface area contributed by atoms with E-state index < -0.39 is 5.60 Å². The van der Waals surface area contributed by atoms with Gasteiger partial charge in [0.05, 0.1) is 11.9 Å². The molecule has 2 heteroatoms. The van der Waals surface area contributed by atoms with Crippen LogP contribution in [-0.4, -0.2) is 10.7 Å². The van der Waals surface area contributed by atoms with Gasteiger partial charge in [0, 0.05) is 6.42 Å². The van der Waals surface area contributed by atoms with Crippen LogP contribution in [0.5, 0.6) is 0 Å². The third kappa shape index (κ3) is 3.01. The predicted octanol–water partition coefficient (Wildman–Crippen LogP) is 3.71. The van der Waals surface area contributed by atoms with Crippen molar-refractivity contribution >= 4 is 0 Å². The molecule has 1 aliphatic rings. The van der Waals surface area contributed by atoms with Gasteiger partial charge in [0.2, 0.25) is 0 Å². The van der Waals surface area contributed by atoms with Gasteiger partial charge in [0.25, 0.3) is 0 Å². The van der Waals surface area contributed by atoms with Crippen molar-refractivity contribution in [2.75, 3.05) is 0 Å². The average molecular weight is 234 g/mol. The maximum absolute atomic E-state index is 10.7. The molecule has 0 amide bonds. The third-order valence-corrected chi connectivity index (χ3v) is 4.02. The van der Waals surface area contributed by atoms with Crippen LogP contribution in [0.1, 0.15) is 44.3 Å². The molecule has 0 spiro atoms. The summed E-state index contributed by atoms with van der Waals surface area (Å²) in [5.74, 6) is 1.32. The molecule has 94 valence electrons. The number of hydrogen-bond acceptors (Lipinski definition) is 2. The van der Waals surface area contributed by atoms with Crippen molar-refractivity contribution in [3.63, 3.8) is 0 Å². The van der Waals surface area contributed by atoms with Gasteiger partial charge in [-0.15, -0.1) is 6.58 Å². The standard InChI is InChI=1S/C15H22O2/c1-2-15(16,13-7-4-3-5-8-13)11-10-14-9-6-12-17-14/h2,6,9,12-13,16H,1,3-5,7-8,10-11H2. The van der Waals surface area contributed by atoms with E-state index in [0.717, 1.165) is 25.0 Å². The minimum Gasteiger partial charge on any atom is -0.469 e. The Bertz CT molecular complexity index is 336. The van der Waals surface area contributed by atoms with Gasteiger partial charge in [-0.05, 0) is 37.3 Å². The highest BCUT2D eigenvalue weighted by Crippen LogP contribution is 2.36. The number of aliphatic hydroxyl groups is 1. The van der Waals surface area contributed by atoms with Crippen molar-refractivity contribution in [2.45, 2.75) is 50.5 Å². The van der Waals surface area contributed by atoms with E-state index in [1.807, 2.05) is 12.1 Å². The first-order chi connectivity index (χ1) is 8.24. The lowest BCUT2D eigenvalue weighted by Gasteiger charge is -2.36. The molecule has 0 bridgehead atoms. The van der Waals surface area contributed by atoms with Crippen LogP contribution in [0.25, 0.3) is 0 Å².